The van der Waals surface area contributed by atoms with Crippen molar-refractivity contribution in [2.75, 3.05) is 13.7 Å². The lowest BCUT2D eigenvalue weighted by Crippen LogP contribution is -2.48. The van der Waals surface area contributed by atoms with Crippen LogP contribution in [-0.2, 0) is 13.0 Å². The van der Waals surface area contributed by atoms with E-state index in [4.69, 9.17) is 4.74 Å². The van der Waals surface area contributed by atoms with Crippen LogP contribution in [0.5, 0.6) is 5.75 Å². The summed E-state index contributed by atoms with van der Waals surface area (Å²) in [6.45, 7) is 2.91. The molecular weight excluding hydrogens is 468 g/mol. The van der Waals surface area contributed by atoms with E-state index in [1.807, 2.05) is 79.0 Å². The monoisotopic (exact) mass is 500 g/mol. The van der Waals surface area contributed by atoms with E-state index in [2.05, 4.69) is 28.1 Å². The number of thiophene rings is 1. The van der Waals surface area contributed by atoms with Gasteiger partial charge in [-0.2, -0.15) is 11.3 Å². The van der Waals surface area contributed by atoms with Crippen LogP contribution in [0.25, 0.3) is 11.1 Å². The number of rotatable bonds is 11. The molecule has 0 saturated heterocycles. The molecule has 0 bridgehead atoms. The Morgan fingerprint density at radius 1 is 0.972 bits per heavy atom. The average Bonchev–Trinajstić information content (AvgIpc) is 3.44. The van der Waals surface area contributed by atoms with Crippen LogP contribution in [0, 0.1) is 6.92 Å². The van der Waals surface area contributed by atoms with Crippen molar-refractivity contribution < 1.29 is 14.6 Å². The molecule has 6 heteroatoms. The molecule has 3 N–H and O–H groups in total. The van der Waals surface area contributed by atoms with E-state index >= 15 is 0 Å². The number of hydrogen-bond acceptors (Lipinski definition) is 5. The van der Waals surface area contributed by atoms with Crippen LogP contribution in [-0.4, -0.2) is 36.8 Å². The van der Waals surface area contributed by atoms with Crippen LogP contribution in [0.1, 0.15) is 27.0 Å². The summed E-state index contributed by atoms with van der Waals surface area (Å²) in [5.41, 5.74) is 5.83. The zero-order valence-electron chi connectivity index (χ0n) is 20.6. The molecule has 0 aliphatic heterocycles. The summed E-state index contributed by atoms with van der Waals surface area (Å²) in [5.74, 6) is 0.604. The summed E-state index contributed by atoms with van der Waals surface area (Å²) in [5, 5.41) is 21.6. The van der Waals surface area contributed by atoms with Gasteiger partial charge in [0.2, 0.25) is 0 Å². The van der Waals surface area contributed by atoms with Crippen molar-refractivity contribution >= 4 is 17.2 Å². The molecule has 1 heterocycles. The van der Waals surface area contributed by atoms with E-state index in [9.17, 15) is 9.90 Å². The number of nitrogens with one attached hydrogen (secondary N) is 2. The number of methoxy groups -OCH3 is 1. The van der Waals surface area contributed by atoms with Gasteiger partial charge in [-0.05, 0) is 82.3 Å². The number of carbonyl (C=O) groups excluding carboxylic acids is 1. The number of aliphatic hydroxyl groups excluding tert-OH is 1. The zero-order chi connectivity index (χ0) is 25.3. The quantitative estimate of drug-likeness (QED) is 0.264. The molecule has 0 aliphatic carbocycles. The summed E-state index contributed by atoms with van der Waals surface area (Å²) < 4.78 is 5.29. The van der Waals surface area contributed by atoms with Gasteiger partial charge in [0.15, 0.2) is 0 Å². The molecule has 4 rings (SSSR count). The summed E-state index contributed by atoms with van der Waals surface area (Å²) >= 11 is 1.63. The number of carbonyl (C=O) groups is 1. The van der Waals surface area contributed by atoms with E-state index in [0.717, 1.165) is 33.6 Å². The molecule has 0 radical (unpaired) electrons. The third kappa shape index (κ3) is 7.04. The largest absolute Gasteiger partial charge is 0.497 e. The lowest BCUT2D eigenvalue weighted by molar-refractivity contribution is 0.0830. The second kappa shape index (κ2) is 12.5. The number of aliphatic hydroxyl groups is 1. The lowest BCUT2D eigenvalue weighted by Gasteiger charge is -2.25. The first kappa shape index (κ1) is 25.6. The van der Waals surface area contributed by atoms with Crippen LogP contribution in [0.15, 0.2) is 89.6 Å². The van der Waals surface area contributed by atoms with Gasteiger partial charge in [0.1, 0.15) is 5.75 Å². The van der Waals surface area contributed by atoms with Gasteiger partial charge < -0.3 is 20.5 Å². The molecule has 1 aromatic heterocycles. The molecule has 0 aliphatic rings. The van der Waals surface area contributed by atoms with E-state index in [0.29, 0.717) is 25.1 Å². The lowest BCUT2D eigenvalue weighted by atomic mass is 9.99. The Morgan fingerprint density at radius 2 is 1.78 bits per heavy atom. The minimum absolute atomic E-state index is 0.192. The number of aryl methyl sites for hydroxylation is 1. The molecule has 3 aromatic carbocycles. The van der Waals surface area contributed by atoms with Gasteiger partial charge in [-0.1, -0.05) is 48.5 Å². The molecule has 1 amide bonds. The Labute approximate surface area is 216 Å². The van der Waals surface area contributed by atoms with Crippen molar-refractivity contribution in [2.45, 2.75) is 32.0 Å². The SMILES string of the molecule is COc1cccc(CNC[C@@H](O)[C@H](Cc2ccccc2)NC(=O)c2cc(C)cc(-c3ccsc3)c2)c1. The van der Waals surface area contributed by atoms with Gasteiger partial charge in [-0.15, -0.1) is 0 Å². The maximum absolute atomic E-state index is 13.3. The minimum atomic E-state index is -0.777. The molecule has 36 heavy (non-hydrogen) atoms. The van der Waals surface area contributed by atoms with E-state index in [1.54, 1.807) is 18.4 Å². The number of amides is 1. The topological polar surface area (TPSA) is 70.6 Å². The van der Waals surface area contributed by atoms with Gasteiger partial charge in [0.05, 0.1) is 19.3 Å². The average molecular weight is 501 g/mol. The second-order valence-electron chi connectivity index (χ2n) is 8.92. The van der Waals surface area contributed by atoms with Crippen LogP contribution in [0.4, 0.5) is 0 Å². The minimum Gasteiger partial charge on any atom is -0.497 e. The van der Waals surface area contributed by atoms with E-state index < -0.39 is 12.1 Å². The van der Waals surface area contributed by atoms with E-state index in [1.165, 1.54) is 0 Å². The highest BCUT2D eigenvalue weighted by atomic mass is 32.1. The van der Waals surface area contributed by atoms with Gasteiger partial charge in [0, 0.05) is 18.7 Å². The van der Waals surface area contributed by atoms with Crippen molar-refractivity contribution in [1.82, 2.24) is 10.6 Å². The molecule has 0 fully saturated rings. The van der Waals surface area contributed by atoms with Crippen molar-refractivity contribution in [2.24, 2.45) is 0 Å². The Morgan fingerprint density at radius 3 is 2.53 bits per heavy atom. The smallest absolute Gasteiger partial charge is 0.251 e. The maximum atomic E-state index is 13.3. The summed E-state index contributed by atoms with van der Waals surface area (Å²) in [4.78, 5) is 13.3. The first-order chi connectivity index (χ1) is 17.5. The fourth-order valence-electron chi connectivity index (χ4n) is 4.20. The Kier molecular flexibility index (Phi) is 8.90. The summed E-state index contributed by atoms with van der Waals surface area (Å²) in [7, 11) is 1.64. The second-order valence-corrected chi connectivity index (χ2v) is 9.70. The van der Waals surface area contributed by atoms with Gasteiger partial charge >= 0.3 is 0 Å². The summed E-state index contributed by atoms with van der Waals surface area (Å²) in [6.07, 6.45) is -0.251. The molecule has 2 atom stereocenters. The van der Waals surface area contributed by atoms with Gasteiger partial charge in [-0.25, -0.2) is 0 Å². The van der Waals surface area contributed by atoms with Crippen LogP contribution in [0.2, 0.25) is 0 Å². The van der Waals surface area contributed by atoms with Crippen molar-refractivity contribution in [3.63, 3.8) is 0 Å². The zero-order valence-corrected chi connectivity index (χ0v) is 21.4. The third-order valence-corrected chi connectivity index (χ3v) is 6.77. The van der Waals surface area contributed by atoms with Crippen molar-refractivity contribution in [3.05, 3.63) is 112 Å². The molecule has 4 aromatic rings. The predicted octanol–water partition coefficient (Wildman–Crippen LogP) is 5.22. The molecule has 0 saturated carbocycles. The highest BCUT2D eigenvalue weighted by Gasteiger charge is 2.23. The first-order valence-electron chi connectivity index (χ1n) is 12.0. The van der Waals surface area contributed by atoms with Crippen LogP contribution >= 0.6 is 11.3 Å². The molecule has 0 unspecified atom stereocenters. The molecule has 0 spiro atoms. The molecular formula is C30H32N2O3S. The fraction of sp³-hybridized carbons (Fsp3) is 0.233. The van der Waals surface area contributed by atoms with Crippen molar-refractivity contribution in [1.29, 1.82) is 0 Å². The molecule has 5 nitrogen and oxygen atoms in total. The van der Waals surface area contributed by atoms with Crippen LogP contribution < -0.4 is 15.4 Å². The Hall–Kier alpha value is -3.45. The predicted molar refractivity (Wildman–Crippen MR) is 147 cm³/mol. The Balaban J connectivity index is 1.46. The Bertz CT molecular complexity index is 1260. The fourth-order valence-corrected chi connectivity index (χ4v) is 4.87. The number of benzene rings is 3. The highest BCUT2D eigenvalue weighted by molar-refractivity contribution is 7.08. The normalized spacial score (nSPS) is 12.6. The highest BCUT2D eigenvalue weighted by Crippen LogP contribution is 2.25. The van der Waals surface area contributed by atoms with Gasteiger partial charge in [0.25, 0.3) is 5.91 Å². The maximum Gasteiger partial charge on any atom is 0.251 e. The number of hydrogen-bond donors (Lipinski definition) is 3. The standard InChI is InChI=1S/C30H32N2O3S/c1-21-13-25(24-11-12-36-20-24)17-26(14-21)30(34)32-28(16-22-7-4-3-5-8-22)29(33)19-31-18-23-9-6-10-27(15-23)35-2/h3-15,17,20,28-29,31,33H,16,18-19H2,1-2H3,(H,32,34)/t28-,29+/m0/s1. The van der Waals surface area contributed by atoms with Crippen molar-refractivity contribution in [3.8, 4) is 16.9 Å². The van der Waals surface area contributed by atoms with Gasteiger partial charge in [-0.3, -0.25) is 4.79 Å². The molecule has 186 valence electrons. The number of ether oxygens (including phenoxy) is 1. The first-order valence-corrected chi connectivity index (χ1v) is 13.0. The van der Waals surface area contributed by atoms with Crippen LogP contribution in [0.3, 0.4) is 0 Å². The summed E-state index contributed by atoms with van der Waals surface area (Å²) in [6, 6.07) is 25.2. The third-order valence-electron chi connectivity index (χ3n) is 6.09. The van der Waals surface area contributed by atoms with E-state index in [-0.39, 0.29) is 5.91 Å².